The van der Waals surface area contributed by atoms with Gasteiger partial charge in [0.2, 0.25) is 0 Å². The van der Waals surface area contributed by atoms with Gasteiger partial charge in [-0.3, -0.25) is 0 Å². The highest BCUT2D eigenvalue weighted by Gasteiger charge is 2.27. The van der Waals surface area contributed by atoms with E-state index in [2.05, 4.69) is 0 Å². The largest absolute Gasteiger partial charge is 0.491 e. The number of aliphatic hydroxyl groups excluding tert-OH is 1. The first-order valence-corrected chi connectivity index (χ1v) is 6.36. The highest BCUT2D eigenvalue weighted by atomic mass is 16.5. The molecule has 2 aromatic rings. The smallest absolute Gasteiger partial charge is 0.423 e. The normalized spacial score (nSPS) is 15.4. The lowest BCUT2D eigenvalue weighted by atomic mass is 9.78. The Labute approximate surface area is 112 Å². The van der Waals surface area contributed by atoms with Gasteiger partial charge >= 0.3 is 7.12 Å². The van der Waals surface area contributed by atoms with Crippen LogP contribution in [0.2, 0.25) is 0 Å². The van der Waals surface area contributed by atoms with Gasteiger partial charge in [-0.1, -0.05) is 36.4 Å². The number of fused-ring (bicyclic) bond motifs is 1. The zero-order valence-corrected chi connectivity index (χ0v) is 10.7. The van der Waals surface area contributed by atoms with E-state index in [1.165, 1.54) is 0 Å². The van der Waals surface area contributed by atoms with Crippen LogP contribution >= 0.6 is 0 Å². The number of hydrogen-bond acceptors (Lipinski definition) is 3. The van der Waals surface area contributed by atoms with Gasteiger partial charge in [0.25, 0.3) is 0 Å². The van der Waals surface area contributed by atoms with Gasteiger partial charge < -0.3 is 14.8 Å². The Morgan fingerprint density at radius 3 is 2.74 bits per heavy atom. The molecule has 3 nitrogen and oxygen atoms in total. The van der Waals surface area contributed by atoms with Gasteiger partial charge in [0.1, 0.15) is 0 Å². The molecule has 0 spiro atoms. The van der Waals surface area contributed by atoms with Crippen molar-refractivity contribution < 1.29 is 14.8 Å². The molecule has 0 aromatic heterocycles. The number of hydrogen-bond donors (Lipinski definition) is 2. The summed E-state index contributed by atoms with van der Waals surface area (Å²) in [5, 5.41) is 19.4. The number of benzene rings is 2. The van der Waals surface area contributed by atoms with Crippen molar-refractivity contribution in [3.8, 4) is 11.1 Å². The first-order chi connectivity index (χ1) is 9.15. The lowest BCUT2D eigenvalue weighted by Gasteiger charge is -2.09. The van der Waals surface area contributed by atoms with E-state index in [-0.39, 0.29) is 0 Å². The highest BCUT2D eigenvalue weighted by molar-refractivity contribution is 6.61. The maximum atomic E-state index is 9.73. The molecule has 0 amide bonds. The molecular formula is C15H15BO3. The Hall–Kier alpha value is -1.62. The molecule has 1 heterocycles. The fourth-order valence-electron chi connectivity index (χ4n) is 2.37. The second kappa shape index (κ2) is 4.81. The standard InChI is InChI=1S/C15H15BO3/c1-10(17)11-3-2-4-12(7-11)13-5-6-14-9-19-16(18)15(14)8-13/h2-8,10,17-18H,9H2,1H3. The third-order valence-corrected chi connectivity index (χ3v) is 3.51. The quantitative estimate of drug-likeness (QED) is 0.801. The van der Waals surface area contributed by atoms with Crippen molar-refractivity contribution in [2.45, 2.75) is 19.6 Å². The maximum absolute atomic E-state index is 9.73. The van der Waals surface area contributed by atoms with Crippen LogP contribution in [-0.2, 0) is 11.3 Å². The molecule has 1 unspecified atom stereocenters. The second-order valence-corrected chi connectivity index (χ2v) is 4.88. The molecule has 1 aliphatic rings. The Balaban J connectivity index is 2.03. The Kier molecular flexibility index (Phi) is 3.15. The molecule has 0 saturated heterocycles. The SMILES string of the molecule is CC(O)c1cccc(-c2ccc3c(c2)B(O)OC3)c1. The molecule has 1 atom stereocenters. The average Bonchev–Trinajstić information content (AvgIpc) is 2.80. The molecule has 2 aromatic carbocycles. The lowest BCUT2D eigenvalue weighted by molar-refractivity contribution is 0.199. The van der Waals surface area contributed by atoms with Crippen molar-refractivity contribution >= 4 is 12.6 Å². The lowest BCUT2D eigenvalue weighted by Crippen LogP contribution is -2.27. The van der Waals surface area contributed by atoms with Crippen LogP contribution in [0.1, 0.15) is 24.2 Å². The monoisotopic (exact) mass is 254 g/mol. The molecule has 0 aliphatic carbocycles. The van der Waals surface area contributed by atoms with E-state index in [9.17, 15) is 10.1 Å². The number of aliphatic hydroxyl groups is 1. The fourth-order valence-corrected chi connectivity index (χ4v) is 2.37. The molecule has 2 N–H and O–H groups in total. The van der Waals surface area contributed by atoms with Crippen LogP contribution in [0.15, 0.2) is 42.5 Å². The molecule has 0 saturated carbocycles. The van der Waals surface area contributed by atoms with E-state index in [1.807, 2.05) is 42.5 Å². The zero-order valence-electron chi connectivity index (χ0n) is 10.7. The predicted molar refractivity (Wildman–Crippen MR) is 74.9 cm³/mol. The summed E-state index contributed by atoms with van der Waals surface area (Å²) in [7, 11) is -0.824. The van der Waals surface area contributed by atoms with Crippen LogP contribution in [0.3, 0.4) is 0 Å². The maximum Gasteiger partial charge on any atom is 0.491 e. The third-order valence-electron chi connectivity index (χ3n) is 3.51. The Bertz CT molecular complexity index is 610. The van der Waals surface area contributed by atoms with Crippen LogP contribution in [0.4, 0.5) is 0 Å². The van der Waals surface area contributed by atoms with Gasteiger partial charge in [-0.15, -0.1) is 0 Å². The summed E-state index contributed by atoms with van der Waals surface area (Å²) in [5.74, 6) is 0. The zero-order chi connectivity index (χ0) is 13.4. The van der Waals surface area contributed by atoms with Crippen LogP contribution in [0.5, 0.6) is 0 Å². The van der Waals surface area contributed by atoms with Crippen molar-refractivity contribution in [3.63, 3.8) is 0 Å². The molecule has 19 heavy (non-hydrogen) atoms. The van der Waals surface area contributed by atoms with Gasteiger partial charge in [-0.2, -0.15) is 0 Å². The summed E-state index contributed by atoms with van der Waals surface area (Å²) < 4.78 is 5.19. The van der Waals surface area contributed by atoms with Gasteiger partial charge in [-0.05, 0) is 40.7 Å². The van der Waals surface area contributed by atoms with E-state index in [1.54, 1.807) is 6.92 Å². The van der Waals surface area contributed by atoms with E-state index in [0.29, 0.717) is 6.61 Å². The van der Waals surface area contributed by atoms with Crippen molar-refractivity contribution in [2.24, 2.45) is 0 Å². The van der Waals surface area contributed by atoms with Crippen molar-refractivity contribution in [1.29, 1.82) is 0 Å². The summed E-state index contributed by atoms with van der Waals surface area (Å²) in [4.78, 5) is 0. The summed E-state index contributed by atoms with van der Waals surface area (Å²) in [5.41, 5.74) is 4.80. The molecule has 0 fully saturated rings. The summed E-state index contributed by atoms with van der Waals surface area (Å²) in [6.45, 7) is 2.21. The topological polar surface area (TPSA) is 49.7 Å². The second-order valence-electron chi connectivity index (χ2n) is 4.88. The first kappa shape index (κ1) is 12.4. The number of rotatable bonds is 2. The minimum absolute atomic E-state index is 0.463. The fraction of sp³-hybridized carbons (Fsp3) is 0.200. The van der Waals surface area contributed by atoms with E-state index < -0.39 is 13.2 Å². The molecule has 1 aliphatic heterocycles. The molecule has 4 heteroatoms. The summed E-state index contributed by atoms with van der Waals surface area (Å²) in [6, 6.07) is 13.7. The van der Waals surface area contributed by atoms with Crippen LogP contribution in [0.25, 0.3) is 11.1 Å². The summed E-state index contributed by atoms with van der Waals surface area (Å²) >= 11 is 0. The molecule has 0 bridgehead atoms. The van der Waals surface area contributed by atoms with Crippen molar-refractivity contribution in [3.05, 3.63) is 53.6 Å². The van der Waals surface area contributed by atoms with Crippen molar-refractivity contribution in [2.75, 3.05) is 0 Å². The average molecular weight is 254 g/mol. The molecule has 96 valence electrons. The van der Waals surface area contributed by atoms with Crippen LogP contribution in [0, 0.1) is 0 Å². The highest BCUT2D eigenvalue weighted by Crippen LogP contribution is 2.24. The van der Waals surface area contributed by atoms with Gasteiger partial charge in [0, 0.05) is 0 Å². The van der Waals surface area contributed by atoms with E-state index in [4.69, 9.17) is 4.65 Å². The first-order valence-electron chi connectivity index (χ1n) is 6.36. The van der Waals surface area contributed by atoms with Crippen LogP contribution < -0.4 is 5.46 Å². The Morgan fingerprint density at radius 2 is 1.95 bits per heavy atom. The van der Waals surface area contributed by atoms with Gasteiger partial charge in [-0.25, -0.2) is 0 Å². The minimum Gasteiger partial charge on any atom is -0.423 e. The molecular weight excluding hydrogens is 239 g/mol. The van der Waals surface area contributed by atoms with E-state index >= 15 is 0 Å². The van der Waals surface area contributed by atoms with Gasteiger partial charge in [0.05, 0.1) is 12.7 Å². The van der Waals surface area contributed by atoms with Crippen LogP contribution in [-0.4, -0.2) is 17.2 Å². The Morgan fingerprint density at radius 1 is 1.16 bits per heavy atom. The molecule has 3 rings (SSSR count). The minimum atomic E-state index is -0.824. The summed E-state index contributed by atoms with van der Waals surface area (Å²) in [6.07, 6.45) is -0.483. The molecule has 0 radical (unpaired) electrons. The predicted octanol–water partition coefficient (Wildman–Crippen LogP) is 1.62. The van der Waals surface area contributed by atoms with Gasteiger partial charge in [0.15, 0.2) is 0 Å². The van der Waals surface area contributed by atoms with Crippen molar-refractivity contribution in [1.82, 2.24) is 0 Å². The third kappa shape index (κ3) is 2.30. The van der Waals surface area contributed by atoms with E-state index in [0.717, 1.165) is 27.7 Å².